The van der Waals surface area contributed by atoms with Gasteiger partial charge in [-0.1, -0.05) is 11.6 Å². The molecule has 0 fully saturated rings. The molecule has 3 rings (SSSR count). The zero-order chi connectivity index (χ0) is 13.9. The van der Waals surface area contributed by atoms with Crippen LogP contribution in [0, 0.1) is 0 Å². The number of hydrogen-bond acceptors (Lipinski definition) is 5. The Morgan fingerprint density at radius 3 is 2.95 bits per heavy atom. The van der Waals surface area contributed by atoms with E-state index < -0.39 is 6.10 Å². The van der Waals surface area contributed by atoms with Crippen LogP contribution in [0.15, 0.2) is 36.7 Å². The van der Waals surface area contributed by atoms with Crippen molar-refractivity contribution in [2.75, 3.05) is 5.43 Å². The highest BCUT2D eigenvalue weighted by Crippen LogP contribution is 2.31. The van der Waals surface area contributed by atoms with Crippen LogP contribution in [0.5, 0.6) is 5.75 Å². The third kappa shape index (κ3) is 2.65. The summed E-state index contributed by atoms with van der Waals surface area (Å²) in [5, 5.41) is 0.629. The highest BCUT2D eigenvalue weighted by Gasteiger charge is 2.29. The molecule has 7 heteroatoms. The van der Waals surface area contributed by atoms with E-state index in [1.54, 1.807) is 36.7 Å². The Bertz CT molecular complexity index is 636. The topological polar surface area (TPSA) is 76.1 Å². The third-order valence-corrected chi connectivity index (χ3v) is 3.09. The van der Waals surface area contributed by atoms with Gasteiger partial charge in [-0.15, -0.1) is 0 Å². The number of nitrogens with zero attached hydrogens (tertiary/aromatic N) is 2. The first kappa shape index (κ1) is 12.7. The van der Waals surface area contributed by atoms with Gasteiger partial charge in [0.2, 0.25) is 5.95 Å². The van der Waals surface area contributed by atoms with E-state index in [4.69, 9.17) is 16.3 Å². The second kappa shape index (κ2) is 5.34. The molecule has 0 saturated carbocycles. The van der Waals surface area contributed by atoms with Gasteiger partial charge < -0.3 is 4.74 Å². The van der Waals surface area contributed by atoms with Crippen LogP contribution in [0.4, 0.5) is 5.95 Å². The summed E-state index contributed by atoms with van der Waals surface area (Å²) in [6.45, 7) is 0. The molecule has 0 spiro atoms. The van der Waals surface area contributed by atoms with Crippen molar-refractivity contribution in [1.29, 1.82) is 0 Å². The van der Waals surface area contributed by atoms with Crippen LogP contribution in [-0.4, -0.2) is 22.0 Å². The molecule has 102 valence electrons. The van der Waals surface area contributed by atoms with E-state index in [-0.39, 0.29) is 5.91 Å². The normalized spacial score (nSPS) is 16.1. The van der Waals surface area contributed by atoms with Crippen molar-refractivity contribution in [1.82, 2.24) is 15.4 Å². The Morgan fingerprint density at radius 2 is 2.15 bits per heavy atom. The highest BCUT2D eigenvalue weighted by molar-refractivity contribution is 6.30. The van der Waals surface area contributed by atoms with Gasteiger partial charge in [-0.3, -0.25) is 15.6 Å². The van der Waals surface area contributed by atoms with Crippen LogP contribution < -0.4 is 15.6 Å². The maximum Gasteiger partial charge on any atom is 0.279 e. The zero-order valence-electron chi connectivity index (χ0n) is 10.3. The number of carbonyl (C=O) groups excluding carboxylic acids is 1. The van der Waals surface area contributed by atoms with Gasteiger partial charge in [-0.05, 0) is 29.8 Å². The van der Waals surface area contributed by atoms with Gasteiger partial charge >= 0.3 is 0 Å². The number of anilines is 1. The molecule has 1 aromatic carbocycles. The van der Waals surface area contributed by atoms with Crippen LogP contribution in [-0.2, 0) is 11.2 Å². The summed E-state index contributed by atoms with van der Waals surface area (Å²) in [6, 6.07) is 6.99. The molecule has 0 unspecified atom stereocenters. The number of ether oxygens (including phenoxy) is 1. The van der Waals surface area contributed by atoms with E-state index in [1.165, 1.54) is 0 Å². The molecule has 1 aliphatic rings. The number of hydrazine groups is 1. The fraction of sp³-hybridized carbons (Fsp3) is 0.154. The van der Waals surface area contributed by atoms with E-state index in [1.807, 2.05) is 0 Å². The van der Waals surface area contributed by atoms with Gasteiger partial charge in [0.1, 0.15) is 5.75 Å². The van der Waals surface area contributed by atoms with Gasteiger partial charge in [0.05, 0.1) is 0 Å². The van der Waals surface area contributed by atoms with Crippen LogP contribution in [0.2, 0.25) is 5.02 Å². The first-order valence-electron chi connectivity index (χ1n) is 6.00. The minimum Gasteiger partial charge on any atom is -0.480 e. The number of carbonyl (C=O) groups is 1. The molecule has 1 aromatic heterocycles. The standard InChI is InChI=1S/C13H11ClN4O2/c14-9-2-3-10-8(6-9)7-11(20-10)12(19)17-18-13-15-4-1-5-16-13/h1-6,11H,7H2,(H,17,19)(H,15,16,18)/t11-/m0/s1. The first-order chi connectivity index (χ1) is 9.72. The predicted octanol–water partition coefficient (Wildman–Crippen LogP) is 1.58. The molecular formula is C13H11ClN4O2. The average Bonchev–Trinajstić information content (AvgIpc) is 2.89. The van der Waals surface area contributed by atoms with E-state index in [2.05, 4.69) is 20.8 Å². The van der Waals surface area contributed by atoms with E-state index in [0.29, 0.717) is 23.1 Å². The van der Waals surface area contributed by atoms with Crippen molar-refractivity contribution in [2.45, 2.75) is 12.5 Å². The summed E-state index contributed by atoms with van der Waals surface area (Å²) in [6.07, 6.45) is 3.05. The monoisotopic (exact) mass is 290 g/mol. The molecular weight excluding hydrogens is 280 g/mol. The lowest BCUT2D eigenvalue weighted by Gasteiger charge is -2.11. The number of aromatic nitrogens is 2. The lowest BCUT2D eigenvalue weighted by atomic mass is 10.1. The third-order valence-electron chi connectivity index (χ3n) is 2.85. The molecule has 1 atom stereocenters. The Kier molecular flexibility index (Phi) is 3.39. The van der Waals surface area contributed by atoms with E-state index in [0.717, 1.165) is 5.56 Å². The second-order valence-electron chi connectivity index (χ2n) is 4.25. The maximum absolute atomic E-state index is 12.0. The van der Waals surface area contributed by atoms with Crippen molar-refractivity contribution >= 4 is 23.5 Å². The zero-order valence-corrected chi connectivity index (χ0v) is 11.1. The largest absolute Gasteiger partial charge is 0.480 e. The number of rotatable bonds is 3. The molecule has 6 nitrogen and oxygen atoms in total. The Balaban J connectivity index is 1.60. The van der Waals surface area contributed by atoms with E-state index >= 15 is 0 Å². The number of halogens is 1. The minimum atomic E-state index is -0.584. The number of fused-ring (bicyclic) bond motifs is 1. The van der Waals surface area contributed by atoms with Crippen molar-refractivity contribution in [3.05, 3.63) is 47.2 Å². The van der Waals surface area contributed by atoms with Crippen LogP contribution in [0.1, 0.15) is 5.56 Å². The number of hydrogen-bond donors (Lipinski definition) is 2. The summed E-state index contributed by atoms with van der Waals surface area (Å²) in [7, 11) is 0. The molecule has 2 N–H and O–H groups in total. The van der Waals surface area contributed by atoms with Crippen molar-refractivity contribution in [2.24, 2.45) is 0 Å². The van der Waals surface area contributed by atoms with Gasteiger partial charge in [0, 0.05) is 23.8 Å². The lowest BCUT2D eigenvalue weighted by molar-refractivity contribution is -0.126. The van der Waals surface area contributed by atoms with Crippen molar-refractivity contribution < 1.29 is 9.53 Å². The number of benzene rings is 1. The Labute approximate surface area is 120 Å². The summed E-state index contributed by atoms with van der Waals surface area (Å²) < 4.78 is 5.56. The molecule has 0 bridgehead atoms. The smallest absolute Gasteiger partial charge is 0.279 e. The Hall–Kier alpha value is -2.34. The molecule has 1 aliphatic heterocycles. The Morgan fingerprint density at radius 1 is 1.35 bits per heavy atom. The van der Waals surface area contributed by atoms with Crippen molar-refractivity contribution in [3.8, 4) is 5.75 Å². The van der Waals surface area contributed by atoms with Gasteiger partial charge in [-0.25, -0.2) is 9.97 Å². The fourth-order valence-electron chi connectivity index (χ4n) is 1.93. The van der Waals surface area contributed by atoms with Crippen LogP contribution in [0.25, 0.3) is 0 Å². The molecule has 20 heavy (non-hydrogen) atoms. The molecule has 0 saturated heterocycles. The van der Waals surface area contributed by atoms with Gasteiger partial charge in [-0.2, -0.15) is 0 Å². The van der Waals surface area contributed by atoms with Crippen molar-refractivity contribution in [3.63, 3.8) is 0 Å². The van der Waals surface area contributed by atoms with Crippen LogP contribution in [0.3, 0.4) is 0 Å². The maximum atomic E-state index is 12.0. The molecule has 2 aromatic rings. The predicted molar refractivity (Wildman–Crippen MR) is 73.4 cm³/mol. The van der Waals surface area contributed by atoms with E-state index in [9.17, 15) is 4.79 Å². The minimum absolute atomic E-state index is 0.287. The molecule has 0 radical (unpaired) electrons. The average molecular weight is 291 g/mol. The first-order valence-corrected chi connectivity index (χ1v) is 6.38. The number of amides is 1. The molecule has 1 amide bonds. The number of nitrogens with one attached hydrogen (secondary N) is 2. The summed E-state index contributed by atoms with van der Waals surface area (Å²) in [5.74, 6) is 0.717. The van der Waals surface area contributed by atoms with Crippen LogP contribution >= 0.6 is 11.6 Å². The summed E-state index contributed by atoms with van der Waals surface area (Å²) >= 11 is 5.91. The second-order valence-corrected chi connectivity index (χ2v) is 4.69. The summed E-state index contributed by atoms with van der Waals surface area (Å²) in [5.41, 5.74) is 6.07. The summed E-state index contributed by atoms with van der Waals surface area (Å²) in [4.78, 5) is 19.9. The SMILES string of the molecule is O=C(NNc1ncccn1)[C@@H]1Cc2cc(Cl)ccc2O1. The lowest BCUT2D eigenvalue weighted by Crippen LogP contribution is -2.40. The van der Waals surface area contributed by atoms with Gasteiger partial charge in [0.25, 0.3) is 5.91 Å². The molecule has 0 aliphatic carbocycles. The highest BCUT2D eigenvalue weighted by atomic mass is 35.5. The fourth-order valence-corrected chi connectivity index (χ4v) is 2.12. The molecule has 2 heterocycles. The quantitative estimate of drug-likeness (QED) is 0.839. The van der Waals surface area contributed by atoms with Gasteiger partial charge in [0.15, 0.2) is 6.10 Å².